The highest BCUT2D eigenvalue weighted by Gasteiger charge is 2.30. The van der Waals surface area contributed by atoms with Gasteiger partial charge in [-0.3, -0.25) is 4.79 Å². The van der Waals surface area contributed by atoms with Crippen LogP contribution in [0.15, 0.2) is 54.2 Å². The van der Waals surface area contributed by atoms with Crippen molar-refractivity contribution in [3.8, 4) is 16.9 Å². The molecule has 1 aromatic heterocycles. The fourth-order valence-electron chi connectivity index (χ4n) is 3.81. The van der Waals surface area contributed by atoms with Crippen LogP contribution in [0.25, 0.3) is 28.1 Å². The highest BCUT2D eigenvalue weighted by atomic mass is 16.5. The molecule has 0 bridgehead atoms. The van der Waals surface area contributed by atoms with E-state index in [4.69, 9.17) is 4.74 Å². The monoisotopic (exact) mass is 315 g/mol. The van der Waals surface area contributed by atoms with Gasteiger partial charge in [0.15, 0.2) is 5.78 Å². The second kappa shape index (κ2) is 5.10. The molecule has 5 rings (SSSR count). The summed E-state index contributed by atoms with van der Waals surface area (Å²) in [7, 11) is 0. The highest BCUT2D eigenvalue weighted by molar-refractivity contribution is 6.02. The molecule has 3 heteroatoms. The quantitative estimate of drug-likeness (QED) is 0.705. The average molecular weight is 315 g/mol. The molecule has 2 aromatic carbocycles. The fourth-order valence-corrected chi connectivity index (χ4v) is 3.81. The molecule has 1 aliphatic carbocycles. The van der Waals surface area contributed by atoms with Crippen LogP contribution in [0.4, 0.5) is 0 Å². The minimum absolute atomic E-state index is 0.0589. The van der Waals surface area contributed by atoms with Gasteiger partial charge in [0.2, 0.25) is 0 Å². The molecule has 118 valence electrons. The van der Waals surface area contributed by atoms with Gasteiger partial charge in [0.25, 0.3) is 0 Å². The Morgan fingerprint density at radius 3 is 3.04 bits per heavy atom. The Morgan fingerprint density at radius 2 is 2.08 bits per heavy atom. The zero-order valence-electron chi connectivity index (χ0n) is 13.2. The van der Waals surface area contributed by atoms with Crippen molar-refractivity contribution in [2.75, 3.05) is 0 Å². The van der Waals surface area contributed by atoms with Crippen molar-refractivity contribution >= 4 is 22.8 Å². The molecule has 3 nitrogen and oxygen atoms in total. The van der Waals surface area contributed by atoms with Crippen molar-refractivity contribution in [1.82, 2.24) is 4.98 Å². The number of carbonyl (C=O) groups excluding carboxylic acids is 1. The maximum atomic E-state index is 12.2. The Kier molecular flexibility index (Phi) is 2.89. The van der Waals surface area contributed by atoms with Crippen LogP contribution in [0.1, 0.15) is 24.8 Å². The first kappa shape index (κ1) is 13.6. The molecule has 1 aliphatic heterocycles. The van der Waals surface area contributed by atoms with Gasteiger partial charge < -0.3 is 9.72 Å². The van der Waals surface area contributed by atoms with E-state index in [1.807, 2.05) is 18.3 Å². The molecule has 2 heterocycles. The SMILES string of the molecule is O=C1CCCC2Oc3ccc(-c4cccc5cc[nH]c45)cc3C=C12. The molecule has 0 saturated heterocycles. The summed E-state index contributed by atoms with van der Waals surface area (Å²) in [6, 6.07) is 14.6. The first-order valence-corrected chi connectivity index (χ1v) is 8.41. The second-order valence-electron chi connectivity index (χ2n) is 6.52. The standard InChI is InChI=1S/C21H17NO2/c23-18-5-2-6-20-17(18)12-15-11-14(7-8-19(15)24-20)16-4-1-3-13-9-10-22-21(13)16/h1,3-4,7-12,20,22H,2,5-6H2. The van der Waals surface area contributed by atoms with E-state index in [2.05, 4.69) is 41.4 Å². The minimum Gasteiger partial charge on any atom is -0.485 e. The van der Waals surface area contributed by atoms with Gasteiger partial charge in [-0.1, -0.05) is 24.3 Å². The number of Topliss-reactive ketones (excluding diaryl/α,β-unsaturated/α-hetero) is 1. The van der Waals surface area contributed by atoms with Crippen LogP contribution in [0.3, 0.4) is 0 Å². The summed E-state index contributed by atoms with van der Waals surface area (Å²) in [5, 5.41) is 1.20. The molecule has 0 spiro atoms. The van der Waals surface area contributed by atoms with Crippen molar-refractivity contribution in [2.24, 2.45) is 0 Å². The molecular formula is C21H17NO2. The van der Waals surface area contributed by atoms with E-state index in [-0.39, 0.29) is 11.9 Å². The van der Waals surface area contributed by atoms with Crippen molar-refractivity contribution < 1.29 is 9.53 Å². The number of ketones is 1. The predicted molar refractivity (Wildman–Crippen MR) is 95.0 cm³/mol. The third-order valence-electron chi connectivity index (χ3n) is 5.03. The second-order valence-corrected chi connectivity index (χ2v) is 6.52. The number of para-hydroxylation sites is 1. The summed E-state index contributed by atoms with van der Waals surface area (Å²) in [5.74, 6) is 1.11. The minimum atomic E-state index is -0.0589. The number of ether oxygens (including phenoxy) is 1. The molecule has 24 heavy (non-hydrogen) atoms. The van der Waals surface area contributed by atoms with Crippen molar-refractivity contribution in [1.29, 1.82) is 0 Å². The lowest BCUT2D eigenvalue weighted by Crippen LogP contribution is -2.31. The van der Waals surface area contributed by atoms with Crippen LogP contribution < -0.4 is 4.74 Å². The molecule has 3 aromatic rings. The van der Waals surface area contributed by atoms with Crippen LogP contribution in [0, 0.1) is 0 Å². The lowest BCUT2D eigenvalue weighted by atomic mass is 9.87. The van der Waals surface area contributed by atoms with E-state index >= 15 is 0 Å². The number of nitrogens with one attached hydrogen (secondary N) is 1. The summed E-state index contributed by atoms with van der Waals surface area (Å²) >= 11 is 0. The van der Waals surface area contributed by atoms with E-state index < -0.39 is 0 Å². The third kappa shape index (κ3) is 2.01. The Balaban J connectivity index is 1.64. The van der Waals surface area contributed by atoms with Gasteiger partial charge in [-0.15, -0.1) is 0 Å². The Hall–Kier alpha value is -2.81. The molecule has 1 fully saturated rings. The molecule has 2 aliphatic rings. The van der Waals surface area contributed by atoms with Gasteiger partial charge in [0.1, 0.15) is 11.9 Å². The molecule has 1 unspecified atom stereocenters. The Bertz CT molecular complexity index is 996. The maximum Gasteiger partial charge on any atom is 0.162 e. The first-order chi connectivity index (χ1) is 11.8. The third-order valence-corrected chi connectivity index (χ3v) is 5.03. The number of carbonyl (C=O) groups is 1. The number of aromatic amines is 1. The van der Waals surface area contributed by atoms with Gasteiger partial charge >= 0.3 is 0 Å². The number of hydrogen-bond donors (Lipinski definition) is 1. The topological polar surface area (TPSA) is 42.1 Å². The Morgan fingerprint density at radius 1 is 1.12 bits per heavy atom. The van der Waals surface area contributed by atoms with E-state index in [0.717, 1.165) is 46.4 Å². The van der Waals surface area contributed by atoms with E-state index in [9.17, 15) is 4.79 Å². The van der Waals surface area contributed by atoms with Gasteiger partial charge in [-0.2, -0.15) is 0 Å². The van der Waals surface area contributed by atoms with Crippen molar-refractivity contribution in [3.63, 3.8) is 0 Å². The van der Waals surface area contributed by atoms with Crippen LogP contribution in [-0.4, -0.2) is 16.9 Å². The lowest BCUT2D eigenvalue weighted by molar-refractivity contribution is -0.117. The number of fused-ring (bicyclic) bond motifs is 3. The van der Waals surface area contributed by atoms with E-state index in [1.165, 1.54) is 5.39 Å². The summed E-state index contributed by atoms with van der Waals surface area (Å²) < 4.78 is 6.07. The molecule has 0 amide bonds. The van der Waals surface area contributed by atoms with E-state index in [1.54, 1.807) is 0 Å². The Labute approximate surface area is 140 Å². The number of benzene rings is 2. The van der Waals surface area contributed by atoms with Gasteiger partial charge in [0.05, 0.1) is 5.52 Å². The lowest BCUT2D eigenvalue weighted by Gasteiger charge is -2.30. The highest BCUT2D eigenvalue weighted by Crippen LogP contribution is 2.38. The zero-order valence-corrected chi connectivity index (χ0v) is 13.2. The summed E-state index contributed by atoms with van der Waals surface area (Å²) in [4.78, 5) is 15.5. The van der Waals surface area contributed by atoms with E-state index in [0.29, 0.717) is 6.42 Å². The van der Waals surface area contributed by atoms with Crippen LogP contribution >= 0.6 is 0 Å². The number of H-pyrrole nitrogens is 1. The molecule has 0 radical (unpaired) electrons. The van der Waals surface area contributed by atoms with Gasteiger partial charge in [0, 0.05) is 29.3 Å². The summed E-state index contributed by atoms with van der Waals surface area (Å²) in [5.41, 5.74) is 5.26. The number of hydrogen-bond acceptors (Lipinski definition) is 2. The predicted octanol–water partition coefficient (Wildman–Crippen LogP) is 4.73. The number of rotatable bonds is 1. The summed E-state index contributed by atoms with van der Waals surface area (Å²) in [6.07, 6.45) is 6.43. The van der Waals surface area contributed by atoms with Crippen molar-refractivity contribution in [3.05, 3.63) is 59.8 Å². The van der Waals surface area contributed by atoms with Crippen LogP contribution in [0.5, 0.6) is 5.75 Å². The molecular weight excluding hydrogens is 298 g/mol. The largest absolute Gasteiger partial charge is 0.485 e. The van der Waals surface area contributed by atoms with Gasteiger partial charge in [-0.05, 0) is 48.1 Å². The van der Waals surface area contributed by atoms with Gasteiger partial charge in [-0.25, -0.2) is 0 Å². The average Bonchev–Trinajstić information content (AvgIpc) is 3.09. The smallest absolute Gasteiger partial charge is 0.162 e. The molecule has 1 saturated carbocycles. The van der Waals surface area contributed by atoms with Crippen LogP contribution in [0.2, 0.25) is 0 Å². The molecule has 1 atom stereocenters. The fraction of sp³-hybridized carbons (Fsp3) is 0.190. The molecule has 1 N–H and O–H groups in total. The summed E-state index contributed by atoms with van der Waals surface area (Å²) in [6.45, 7) is 0. The van der Waals surface area contributed by atoms with Crippen LogP contribution in [-0.2, 0) is 4.79 Å². The van der Waals surface area contributed by atoms with Crippen molar-refractivity contribution in [2.45, 2.75) is 25.4 Å². The zero-order chi connectivity index (χ0) is 16.1. The maximum absolute atomic E-state index is 12.2. The number of aromatic nitrogens is 1. The normalized spacial score (nSPS) is 19.4. The first-order valence-electron chi connectivity index (χ1n) is 8.41.